The van der Waals surface area contributed by atoms with Gasteiger partial charge in [0.15, 0.2) is 5.78 Å². The highest BCUT2D eigenvalue weighted by atomic mass is 35.5. The molecule has 0 aliphatic heterocycles. The van der Waals surface area contributed by atoms with E-state index in [9.17, 15) is 13.2 Å². The normalized spacial score (nSPS) is 13.3. The summed E-state index contributed by atoms with van der Waals surface area (Å²) in [6, 6.07) is 6.46. The number of sulfonamides is 1. The molecule has 6 heteroatoms. The molecule has 0 saturated carbocycles. The average molecular weight is 290 g/mol. The lowest BCUT2D eigenvalue weighted by molar-refractivity contribution is -0.118. The fraction of sp³-hybridized carbons (Fsp3) is 0.417. The molecule has 0 radical (unpaired) electrons. The Balaban J connectivity index is 2.71. The van der Waals surface area contributed by atoms with E-state index in [0.717, 1.165) is 5.56 Å². The van der Waals surface area contributed by atoms with E-state index < -0.39 is 15.4 Å². The van der Waals surface area contributed by atoms with Crippen LogP contribution in [0.3, 0.4) is 0 Å². The van der Waals surface area contributed by atoms with Gasteiger partial charge in [-0.25, -0.2) is 13.1 Å². The first-order valence-corrected chi connectivity index (χ1v) is 7.52. The third kappa shape index (κ3) is 4.08. The Morgan fingerprint density at radius 3 is 2.39 bits per heavy atom. The molecule has 1 aromatic carbocycles. The van der Waals surface area contributed by atoms with Crippen LogP contribution in [0.2, 0.25) is 0 Å². The monoisotopic (exact) mass is 289 g/mol. The largest absolute Gasteiger partial charge is 0.298 e. The highest BCUT2D eigenvalue weighted by Gasteiger charge is 2.18. The Kier molecular flexibility index (Phi) is 5.31. The van der Waals surface area contributed by atoms with Crippen LogP contribution in [-0.2, 0) is 14.8 Å². The molecule has 0 aliphatic rings. The Morgan fingerprint density at radius 1 is 1.33 bits per heavy atom. The van der Waals surface area contributed by atoms with Crippen LogP contribution < -0.4 is 4.72 Å². The molecule has 0 spiro atoms. The predicted molar refractivity (Wildman–Crippen MR) is 71.3 cm³/mol. The first-order valence-electron chi connectivity index (χ1n) is 5.60. The van der Waals surface area contributed by atoms with Crippen molar-refractivity contribution in [1.82, 2.24) is 4.72 Å². The van der Waals surface area contributed by atoms with Gasteiger partial charge in [0, 0.05) is 13.0 Å². The van der Waals surface area contributed by atoms with Crippen molar-refractivity contribution in [3.05, 3.63) is 29.8 Å². The molecule has 1 atom stereocenters. The first kappa shape index (κ1) is 15.1. The summed E-state index contributed by atoms with van der Waals surface area (Å²) in [4.78, 5) is 11.4. The minimum absolute atomic E-state index is 0.0928. The van der Waals surface area contributed by atoms with Crippen LogP contribution in [0.25, 0.3) is 0 Å². The van der Waals surface area contributed by atoms with Crippen LogP contribution in [0.5, 0.6) is 0 Å². The maximum Gasteiger partial charge on any atom is 0.240 e. The standard InChI is InChI=1S/C12H16ClNO3S/c1-3-12(15)11(13)8-14-18(16,17)10-6-4-9(2)5-7-10/h4-7,11,14H,3,8H2,1-2H3/t11-/m0/s1. The van der Waals surface area contributed by atoms with Gasteiger partial charge in [-0.05, 0) is 19.1 Å². The van der Waals surface area contributed by atoms with Crippen molar-refractivity contribution in [3.8, 4) is 0 Å². The molecule has 0 aliphatic carbocycles. The molecule has 1 aromatic rings. The van der Waals surface area contributed by atoms with Crippen LogP contribution >= 0.6 is 11.6 Å². The van der Waals surface area contributed by atoms with Crippen molar-refractivity contribution >= 4 is 27.4 Å². The van der Waals surface area contributed by atoms with Gasteiger partial charge in [-0.15, -0.1) is 11.6 Å². The molecule has 0 unspecified atom stereocenters. The van der Waals surface area contributed by atoms with Gasteiger partial charge >= 0.3 is 0 Å². The predicted octanol–water partition coefficient (Wildman–Crippen LogP) is 1.86. The lowest BCUT2D eigenvalue weighted by Crippen LogP contribution is -2.33. The molecule has 0 heterocycles. The Hall–Kier alpha value is -0.910. The van der Waals surface area contributed by atoms with E-state index in [2.05, 4.69) is 4.72 Å². The summed E-state index contributed by atoms with van der Waals surface area (Å²) in [5.41, 5.74) is 0.977. The molecular weight excluding hydrogens is 274 g/mol. The van der Waals surface area contributed by atoms with Crippen molar-refractivity contribution in [2.75, 3.05) is 6.54 Å². The summed E-state index contributed by atoms with van der Waals surface area (Å²) in [7, 11) is -3.60. The summed E-state index contributed by atoms with van der Waals surface area (Å²) < 4.78 is 26.1. The average Bonchev–Trinajstić information content (AvgIpc) is 2.35. The van der Waals surface area contributed by atoms with E-state index in [1.807, 2.05) is 6.92 Å². The molecule has 1 rings (SSSR count). The quantitative estimate of drug-likeness (QED) is 0.813. The number of Topliss-reactive ketones (excluding diaryl/α,β-unsaturated/α-hetero) is 1. The van der Waals surface area contributed by atoms with Crippen LogP contribution in [0.1, 0.15) is 18.9 Å². The van der Waals surface area contributed by atoms with Gasteiger partial charge < -0.3 is 0 Å². The second-order valence-corrected chi connectivity index (χ2v) is 6.25. The third-order valence-electron chi connectivity index (χ3n) is 2.48. The topological polar surface area (TPSA) is 63.2 Å². The SMILES string of the molecule is CCC(=O)[C@@H](Cl)CNS(=O)(=O)c1ccc(C)cc1. The number of ketones is 1. The number of alkyl halides is 1. The van der Waals surface area contributed by atoms with Crippen molar-refractivity contribution in [2.24, 2.45) is 0 Å². The van der Waals surface area contributed by atoms with Crippen LogP contribution in [0, 0.1) is 6.92 Å². The minimum Gasteiger partial charge on any atom is -0.298 e. The fourth-order valence-electron chi connectivity index (χ4n) is 1.32. The van der Waals surface area contributed by atoms with Crippen molar-refractivity contribution in [1.29, 1.82) is 0 Å². The van der Waals surface area contributed by atoms with Crippen molar-refractivity contribution in [3.63, 3.8) is 0 Å². The zero-order chi connectivity index (χ0) is 13.8. The molecule has 4 nitrogen and oxygen atoms in total. The van der Waals surface area contributed by atoms with Gasteiger partial charge in [0.25, 0.3) is 0 Å². The van der Waals surface area contributed by atoms with E-state index >= 15 is 0 Å². The second kappa shape index (κ2) is 6.31. The van der Waals surface area contributed by atoms with E-state index in [0.29, 0.717) is 6.42 Å². The second-order valence-electron chi connectivity index (χ2n) is 3.95. The smallest absolute Gasteiger partial charge is 0.240 e. The zero-order valence-corrected chi connectivity index (χ0v) is 11.9. The summed E-state index contributed by atoms with van der Waals surface area (Å²) in [5, 5.41) is -0.824. The Bertz CT molecular complexity index is 511. The number of benzene rings is 1. The molecule has 0 fully saturated rings. The maximum atomic E-state index is 11.9. The molecule has 0 amide bonds. The highest BCUT2D eigenvalue weighted by Crippen LogP contribution is 2.10. The number of rotatable bonds is 6. The first-order chi connectivity index (χ1) is 8.36. The number of hydrogen-bond donors (Lipinski definition) is 1. The number of halogens is 1. The molecule has 100 valence electrons. The summed E-state index contributed by atoms with van der Waals surface area (Å²) >= 11 is 5.77. The van der Waals surface area contributed by atoms with Gasteiger partial charge in [0.2, 0.25) is 10.0 Å². The Morgan fingerprint density at radius 2 is 1.89 bits per heavy atom. The number of nitrogens with one attached hydrogen (secondary N) is 1. The van der Waals surface area contributed by atoms with Crippen LogP contribution in [0.15, 0.2) is 29.2 Å². The van der Waals surface area contributed by atoms with Gasteiger partial charge in [0.1, 0.15) is 5.38 Å². The molecule has 0 aromatic heterocycles. The molecule has 0 saturated heterocycles. The van der Waals surface area contributed by atoms with Crippen LogP contribution in [0.4, 0.5) is 0 Å². The number of aryl methyl sites for hydroxylation is 1. The number of hydrogen-bond acceptors (Lipinski definition) is 3. The maximum absolute atomic E-state index is 11.9. The van der Waals surface area contributed by atoms with E-state index in [1.54, 1.807) is 19.1 Å². The summed E-state index contributed by atoms with van der Waals surface area (Å²) in [6.45, 7) is 3.47. The van der Waals surface area contributed by atoms with Gasteiger partial charge in [0.05, 0.1) is 4.90 Å². The summed E-state index contributed by atoms with van der Waals surface area (Å²) in [5.74, 6) is -0.178. The molecular formula is C12H16ClNO3S. The lowest BCUT2D eigenvalue weighted by atomic mass is 10.2. The van der Waals surface area contributed by atoms with Crippen LogP contribution in [-0.4, -0.2) is 26.1 Å². The highest BCUT2D eigenvalue weighted by molar-refractivity contribution is 7.89. The van der Waals surface area contributed by atoms with Gasteiger partial charge in [-0.3, -0.25) is 4.79 Å². The van der Waals surface area contributed by atoms with Crippen molar-refractivity contribution in [2.45, 2.75) is 30.5 Å². The van der Waals surface area contributed by atoms with E-state index in [1.165, 1.54) is 12.1 Å². The fourth-order valence-corrected chi connectivity index (χ4v) is 2.69. The number of carbonyl (C=O) groups excluding carboxylic acids is 1. The number of carbonyl (C=O) groups is 1. The molecule has 0 bridgehead atoms. The lowest BCUT2D eigenvalue weighted by Gasteiger charge is -2.10. The third-order valence-corrected chi connectivity index (χ3v) is 4.32. The van der Waals surface area contributed by atoms with Gasteiger partial charge in [-0.1, -0.05) is 24.6 Å². The molecule has 1 N–H and O–H groups in total. The van der Waals surface area contributed by atoms with E-state index in [4.69, 9.17) is 11.6 Å². The van der Waals surface area contributed by atoms with E-state index in [-0.39, 0.29) is 17.2 Å². The Labute approximate surface area is 112 Å². The molecule has 18 heavy (non-hydrogen) atoms. The minimum atomic E-state index is -3.60. The van der Waals surface area contributed by atoms with Crippen molar-refractivity contribution < 1.29 is 13.2 Å². The van der Waals surface area contributed by atoms with Gasteiger partial charge in [-0.2, -0.15) is 0 Å². The summed E-state index contributed by atoms with van der Waals surface area (Å²) in [6.07, 6.45) is 0.292. The zero-order valence-electron chi connectivity index (χ0n) is 10.3.